The Labute approximate surface area is 195 Å². The number of anilines is 1. The third kappa shape index (κ3) is 5.47. The zero-order valence-electron chi connectivity index (χ0n) is 18.3. The number of hydrogen-bond acceptors (Lipinski definition) is 9. The summed E-state index contributed by atoms with van der Waals surface area (Å²) in [5.41, 5.74) is 3.45. The van der Waals surface area contributed by atoms with Gasteiger partial charge in [0.2, 0.25) is 5.95 Å². The van der Waals surface area contributed by atoms with Crippen molar-refractivity contribution in [3.05, 3.63) is 41.8 Å². The summed E-state index contributed by atoms with van der Waals surface area (Å²) in [6.07, 6.45) is 4.18. The normalized spacial score (nSPS) is 16.8. The molecule has 0 radical (unpaired) electrons. The number of thiophene rings is 1. The number of hydroxylamine groups is 1. The summed E-state index contributed by atoms with van der Waals surface area (Å²) in [5, 5.41) is 7.28. The van der Waals surface area contributed by atoms with Crippen molar-refractivity contribution in [2.24, 2.45) is 0 Å². The van der Waals surface area contributed by atoms with Crippen LogP contribution in [0, 0.1) is 5.82 Å². The van der Waals surface area contributed by atoms with Gasteiger partial charge in [-0.1, -0.05) is 6.07 Å². The maximum Gasteiger partial charge on any atom is 0.357 e. The third-order valence-electron chi connectivity index (χ3n) is 5.80. The number of benzene rings is 1. The number of carbonyl (C=O) groups excluding carboxylic acids is 1. The largest absolute Gasteiger partial charge is 0.366 e. The summed E-state index contributed by atoms with van der Waals surface area (Å²) >= 11 is 1.39. The van der Waals surface area contributed by atoms with Crippen LogP contribution in [-0.2, 0) is 4.84 Å². The third-order valence-corrected chi connectivity index (χ3v) is 6.91. The van der Waals surface area contributed by atoms with E-state index in [1.54, 1.807) is 18.2 Å². The van der Waals surface area contributed by atoms with Crippen molar-refractivity contribution in [2.45, 2.75) is 25.3 Å². The van der Waals surface area contributed by atoms with E-state index in [0.29, 0.717) is 22.9 Å². The lowest BCUT2D eigenvalue weighted by atomic mass is 10.1. The maximum absolute atomic E-state index is 14.6. The van der Waals surface area contributed by atoms with Crippen LogP contribution in [0.5, 0.6) is 0 Å². The number of fused-ring (bicyclic) bond motifs is 1. The molecule has 0 bridgehead atoms. The fraction of sp³-hybridized carbons (Fsp3) is 0.435. The predicted molar refractivity (Wildman–Crippen MR) is 127 cm³/mol. The zero-order valence-corrected chi connectivity index (χ0v) is 19.1. The first-order valence-corrected chi connectivity index (χ1v) is 12.2. The van der Waals surface area contributed by atoms with Gasteiger partial charge in [0.25, 0.3) is 0 Å². The molecule has 1 saturated carbocycles. The molecule has 0 spiro atoms. The van der Waals surface area contributed by atoms with E-state index in [9.17, 15) is 9.18 Å². The Bertz CT molecular complexity index is 1130. The zero-order chi connectivity index (χ0) is 22.6. The number of halogens is 1. The van der Waals surface area contributed by atoms with Gasteiger partial charge >= 0.3 is 5.97 Å². The minimum absolute atomic E-state index is 0.228. The highest BCUT2D eigenvalue weighted by Gasteiger charge is 2.24. The van der Waals surface area contributed by atoms with Crippen LogP contribution >= 0.6 is 11.3 Å². The Morgan fingerprint density at radius 3 is 2.97 bits per heavy atom. The number of hydrogen-bond donors (Lipinski definition) is 3. The van der Waals surface area contributed by atoms with Crippen LogP contribution in [0.15, 0.2) is 30.5 Å². The monoisotopic (exact) mass is 470 g/mol. The van der Waals surface area contributed by atoms with E-state index >= 15 is 0 Å². The van der Waals surface area contributed by atoms with Crippen molar-refractivity contribution >= 4 is 33.3 Å². The molecule has 2 aromatic heterocycles. The molecule has 8 nitrogen and oxygen atoms in total. The van der Waals surface area contributed by atoms with E-state index in [-0.39, 0.29) is 11.7 Å². The smallest absolute Gasteiger partial charge is 0.357 e. The van der Waals surface area contributed by atoms with Gasteiger partial charge in [0.1, 0.15) is 5.69 Å². The van der Waals surface area contributed by atoms with Crippen LogP contribution in [-0.4, -0.2) is 66.1 Å². The van der Waals surface area contributed by atoms with Gasteiger partial charge in [0.05, 0.1) is 16.6 Å². The van der Waals surface area contributed by atoms with Crippen molar-refractivity contribution in [2.75, 3.05) is 44.6 Å². The Morgan fingerprint density at radius 2 is 2.15 bits per heavy atom. The van der Waals surface area contributed by atoms with Crippen LogP contribution in [0.25, 0.3) is 20.7 Å². The van der Waals surface area contributed by atoms with Crippen molar-refractivity contribution < 1.29 is 14.0 Å². The molecule has 33 heavy (non-hydrogen) atoms. The summed E-state index contributed by atoms with van der Waals surface area (Å²) in [7, 11) is 0. The standard InChI is InChI=1S/C23H27FN6O2S/c24-18-14-27-23(26-7-2-10-30-11-8-25-9-12-30)28-21(18)20-13-17-16(3-1-4-19(17)33-20)22(31)32-29-15-5-6-15/h1,3-4,13-15,25,29H,2,5-12H2,(H,26,27,28). The van der Waals surface area contributed by atoms with Gasteiger partial charge in [0.15, 0.2) is 5.82 Å². The summed E-state index contributed by atoms with van der Waals surface area (Å²) in [4.78, 5) is 29.3. The van der Waals surface area contributed by atoms with E-state index < -0.39 is 11.8 Å². The van der Waals surface area contributed by atoms with Gasteiger partial charge in [0, 0.05) is 48.9 Å². The van der Waals surface area contributed by atoms with Crippen molar-refractivity contribution in [1.29, 1.82) is 0 Å². The topological polar surface area (TPSA) is 91.4 Å². The van der Waals surface area contributed by atoms with Gasteiger partial charge in [-0.3, -0.25) is 0 Å². The van der Waals surface area contributed by atoms with Crippen LogP contribution in [0.2, 0.25) is 0 Å². The van der Waals surface area contributed by atoms with Crippen molar-refractivity contribution in [1.82, 2.24) is 25.7 Å². The molecule has 0 atom stereocenters. The Hall–Kier alpha value is -2.66. The van der Waals surface area contributed by atoms with Crippen molar-refractivity contribution in [3.63, 3.8) is 0 Å². The number of aromatic nitrogens is 2. The van der Waals surface area contributed by atoms with Crippen LogP contribution in [0.3, 0.4) is 0 Å². The lowest BCUT2D eigenvalue weighted by Gasteiger charge is -2.27. The Balaban J connectivity index is 1.28. The highest BCUT2D eigenvalue weighted by atomic mass is 32.1. The molecular formula is C23H27FN6O2S. The predicted octanol–water partition coefficient (Wildman–Crippen LogP) is 3.03. The van der Waals surface area contributed by atoms with Gasteiger partial charge in [-0.2, -0.15) is 0 Å². The summed E-state index contributed by atoms with van der Waals surface area (Å²) < 4.78 is 15.5. The van der Waals surface area contributed by atoms with Gasteiger partial charge in [-0.05, 0) is 44.0 Å². The fourth-order valence-electron chi connectivity index (χ4n) is 3.81. The molecule has 174 valence electrons. The van der Waals surface area contributed by atoms with Gasteiger partial charge in [-0.15, -0.1) is 16.8 Å². The quantitative estimate of drug-likeness (QED) is 0.325. The highest BCUT2D eigenvalue weighted by molar-refractivity contribution is 7.22. The van der Waals surface area contributed by atoms with Gasteiger partial charge in [-0.25, -0.2) is 19.2 Å². The fourth-order valence-corrected chi connectivity index (χ4v) is 4.89. The SMILES string of the molecule is O=C(ONC1CC1)c1cccc2sc(-c3nc(NCCCN4CCNCC4)ncc3F)cc12. The molecule has 3 aromatic rings. The first kappa shape index (κ1) is 22.1. The van der Waals surface area contributed by atoms with Crippen LogP contribution < -0.4 is 16.1 Å². The molecule has 2 aliphatic rings. The summed E-state index contributed by atoms with van der Waals surface area (Å²) in [6, 6.07) is 7.48. The number of carbonyl (C=O) groups is 1. The average molecular weight is 471 g/mol. The van der Waals surface area contributed by atoms with Crippen LogP contribution in [0.1, 0.15) is 29.6 Å². The van der Waals surface area contributed by atoms with E-state index in [4.69, 9.17) is 4.84 Å². The summed E-state index contributed by atoms with van der Waals surface area (Å²) in [6.45, 7) is 5.91. The van der Waals surface area contributed by atoms with Crippen LogP contribution in [0.4, 0.5) is 10.3 Å². The summed E-state index contributed by atoms with van der Waals surface area (Å²) in [5.74, 6) is -0.531. The minimum Gasteiger partial charge on any atom is -0.366 e. The molecule has 1 aromatic carbocycles. The van der Waals surface area contributed by atoms with E-state index in [0.717, 1.165) is 62.1 Å². The first-order valence-electron chi connectivity index (χ1n) is 11.4. The molecule has 0 amide bonds. The number of piperazine rings is 1. The molecule has 10 heteroatoms. The number of nitrogens with one attached hydrogen (secondary N) is 3. The van der Waals surface area contributed by atoms with E-state index in [1.165, 1.54) is 17.5 Å². The van der Waals surface area contributed by atoms with Crippen molar-refractivity contribution in [3.8, 4) is 10.6 Å². The molecular weight excluding hydrogens is 443 g/mol. The van der Waals surface area contributed by atoms with Gasteiger partial charge < -0.3 is 20.4 Å². The maximum atomic E-state index is 14.6. The molecule has 0 unspecified atom stereocenters. The molecule has 2 fully saturated rings. The lowest BCUT2D eigenvalue weighted by Crippen LogP contribution is -2.44. The second kappa shape index (κ2) is 10.1. The molecule has 1 aliphatic carbocycles. The Kier molecular flexibility index (Phi) is 6.77. The molecule has 3 heterocycles. The number of rotatable bonds is 9. The number of nitrogens with zero attached hydrogens (tertiary/aromatic N) is 3. The van der Waals surface area contributed by atoms with E-state index in [1.807, 2.05) is 6.07 Å². The second-order valence-corrected chi connectivity index (χ2v) is 9.46. The molecule has 5 rings (SSSR count). The second-order valence-electron chi connectivity index (χ2n) is 8.37. The molecule has 3 N–H and O–H groups in total. The van der Waals surface area contributed by atoms with E-state index in [2.05, 4.69) is 31.0 Å². The molecule has 1 aliphatic heterocycles. The molecule has 1 saturated heterocycles. The highest BCUT2D eigenvalue weighted by Crippen LogP contribution is 2.36. The Morgan fingerprint density at radius 1 is 1.30 bits per heavy atom. The average Bonchev–Trinajstić information content (AvgIpc) is 3.57. The first-order chi connectivity index (χ1) is 16.2. The lowest BCUT2D eigenvalue weighted by molar-refractivity contribution is 0.0238. The minimum atomic E-state index is -0.493.